The molecule has 158 valence electrons. The molecular weight excluding hydrogens is 422 g/mol. The summed E-state index contributed by atoms with van der Waals surface area (Å²) < 4.78 is 40.5. The first-order chi connectivity index (χ1) is 14.9. The fourth-order valence-electron chi connectivity index (χ4n) is 2.75. The summed E-state index contributed by atoms with van der Waals surface area (Å²) >= 11 is 0. The predicted octanol–water partition coefficient (Wildman–Crippen LogP) is 2.67. The van der Waals surface area contributed by atoms with Gasteiger partial charge in [-0.15, -0.1) is 10.2 Å². The van der Waals surface area contributed by atoms with E-state index in [4.69, 9.17) is 9.15 Å². The number of hydrogen-bond donors (Lipinski definition) is 2. The van der Waals surface area contributed by atoms with E-state index in [-0.39, 0.29) is 17.4 Å². The van der Waals surface area contributed by atoms with Gasteiger partial charge < -0.3 is 9.15 Å². The Hall–Kier alpha value is -4.06. The van der Waals surface area contributed by atoms with Crippen LogP contribution in [0.1, 0.15) is 5.69 Å². The van der Waals surface area contributed by atoms with Crippen LogP contribution >= 0.6 is 0 Å². The van der Waals surface area contributed by atoms with E-state index in [1.54, 1.807) is 49.5 Å². The maximum Gasteiger partial charge on any atom is 0.322 e. The van der Waals surface area contributed by atoms with E-state index in [0.29, 0.717) is 22.8 Å². The molecule has 0 aliphatic rings. The Morgan fingerprint density at radius 3 is 2.52 bits per heavy atom. The first-order valence-corrected chi connectivity index (χ1v) is 10.4. The van der Waals surface area contributed by atoms with Gasteiger partial charge in [0.25, 0.3) is 5.88 Å². The lowest BCUT2D eigenvalue weighted by atomic mass is 10.1. The summed E-state index contributed by atoms with van der Waals surface area (Å²) in [7, 11) is -2.68. The first-order valence-electron chi connectivity index (χ1n) is 8.95. The van der Waals surface area contributed by atoms with Gasteiger partial charge in [-0.25, -0.2) is 14.7 Å². The van der Waals surface area contributed by atoms with Gasteiger partial charge in [-0.2, -0.15) is 8.42 Å². The largest absolute Gasteiger partial charge is 0.478 e. The monoisotopic (exact) mass is 439 g/mol. The molecule has 0 bridgehead atoms. The summed E-state index contributed by atoms with van der Waals surface area (Å²) in [4.78, 5) is 12.5. The van der Waals surface area contributed by atoms with Crippen molar-refractivity contribution in [2.75, 3.05) is 16.6 Å². The molecule has 0 amide bonds. The molecule has 12 heteroatoms. The number of pyridine rings is 1. The van der Waals surface area contributed by atoms with Crippen LogP contribution in [0.25, 0.3) is 22.7 Å². The highest BCUT2D eigenvalue weighted by Gasteiger charge is 2.18. The molecule has 31 heavy (non-hydrogen) atoms. The number of hydrogen-bond acceptors (Lipinski definition) is 9. The first kappa shape index (κ1) is 20.2. The molecule has 3 aromatic heterocycles. The number of benzene rings is 1. The molecule has 0 radical (unpaired) electrons. The molecular formula is C19H17N7O4S. The third kappa shape index (κ3) is 4.59. The average molecular weight is 439 g/mol. The number of aromatic nitrogens is 5. The molecule has 2 N–H and O–H groups in total. The number of anilines is 2. The smallest absolute Gasteiger partial charge is 0.322 e. The summed E-state index contributed by atoms with van der Waals surface area (Å²) in [5, 5.41) is 7.51. The van der Waals surface area contributed by atoms with E-state index in [1.807, 2.05) is 0 Å². The zero-order valence-corrected chi connectivity index (χ0v) is 17.3. The minimum absolute atomic E-state index is 0.0325. The van der Waals surface area contributed by atoms with E-state index in [0.717, 1.165) is 5.56 Å². The highest BCUT2D eigenvalue weighted by atomic mass is 32.2. The highest BCUT2D eigenvalue weighted by Crippen LogP contribution is 2.29. The van der Waals surface area contributed by atoms with E-state index in [2.05, 4.69) is 34.6 Å². The Morgan fingerprint density at radius 1 is 1.03 bits per heavy atom. The van der Waals surface area contributed by atoms with Crippen molar-refractivity contribution >= 4 is 21.7 Å². The van der Waals surface area contributed by atoms with Crippen molar-refractivity contribution in [3.63, 3.8) is 0 Å². The second-order valence-electron chi connectivity index (χ2n) is 6.30. The Morgan fingerprint density at radius 2 is 1.81 bits per heavy atom. The van der Waals surface area contributed by atoms with Crippen molar-refractivity contribution in [3.8, 4) is 28.6 Å². The lowest BCUT2D eigenvalue weighted by molar-refractivity contribution is 0.397. The van der Waals surface area contributed by atoms with Crippen molar-refractivity contribution in [1.29, 1.82) is 0 Å². The number of nitrogens with one attached hydrogen (secondary N) is 2. The van der Waals surface area contributed by atoms with Crippen LogP contribution in [0, 0.1) is 6.92 Å². The lowest BCUT2D eigenvalue weighted by Crippen LogP contribution is -2.23. The van der Waals surface area contributed by atoms with Gasteiger partial charge in [0.15, 0.2) is 0 Å². The summed E-state index contributed by atoms with van der Waals surface area (Å²) in [5.74, 6) is 0.411. The minimum atomic E-state index is -4.06. The van der Waals surface area contributed by atoms with Gasteiger partial charge in [0, 0.05) is 17.3 Å². The van der Waals surface area contributed by atoms with E-state index < -0.39 is 10.2 Å². The van der Waals surface area contributed by atoms with Crippen LogP contribution in [-0.4, -0.2) is 40.7 Å². The average Bonchev–Trinajstić information content (AvgIpc) is 3.30. The van der Waals surface area contributed by atoms with Gasteiger partial charge in [-0.3, -0.25) is 9.71 Å². The van der Waals surface area contributed by atoms with Crippen molar-refractivity contribution in [3.05, 3.63) is 60.9 Å². The maximum atomic E-state index is 12.7. The molecule has 11 nitrogen and oxygen atoms in total. The molecule has 0 aliphatic heterocycles. The quantitative estimate of drug-likeness (QED) is 0.444. The molecule has 0 saturated carbocycles. The molecule has 0 aliphatic carbocycles. The van der Waals surface area contributed by atoms with Crippen LogP contribution < -0.4 is 14.2 Å². The Bertz CT molecular complexity index is 1290. The summed E-state index contributed by atoms with van der Waals surface area (Å²) in [6.45, 7) is 1.72. The fraction of sp³-hybridized carbons (Fsp3) is 0.105. The predicted molar refractivity (Wildman–Crippen MR) is 112 cm³/mol. The SMILES string of the molecule is COc1nc(C)cnc1NS(=O)(=O)Nc1cccnc1-c1ccc(-c2nnco2)cc1. The van der Waals surface area contributed by atoms with Gasteiger partial charge in [-0.1, -0.05) is 12.1 Å². The zero-order chi connectivity index (χ0) is 21.8. The molecule has 0 spiro atoms. The molecule has 1 aromatic carbocycles. The number of methoxy groups -OCH3 is 1. The van der Waals surface area contributed by atoms with Crippen LogP contribution in [0.5, 0.6) is 5.88 Å². The Balaban J connectivity index is 1.60. The van der Waals surface area contributed by atoms with Gasteiger partial charge in [0.05, 0.1) is 30.4 Å². The number of rotatable bonds is 7. The molecule has 4 aromatic rings. The van der Waals surface area contributed by atoms with Crippen LogP contribution in [0.15, 0.2) is 59.6 Å². The normalized spacial score (nSPS) is 11.2. The zero-order valence-electron chi connectivity index (χ0n) is 16.5. The van der Waals surface area contributed by atoms with E-state index >= 15 is 0 Å². The van der Waals surface area contributed by atoms with Crippen LogP contribution in [0.4, 0.5) is 11.5 Å². The number of aryl methyl sites for hydroxylation is 1. The minimum Gasteiger partial charge on any atom is -0.478 e. The lowest BCUT2D eigenvalue weighted by Gasteiger charge is -2.14. The summed E-state index contributed by atoms with van der Waals surface area (Å²) in [5.41, 5.74) is 2.72. The standard InChI is InChI=1S/C19H17N7O4S/c1-12-10-21-17(19(23-12)29-2)26-31(27,28)25-15-4-3-9-20-16(15)13-5-7-14(8-6-13)18-24-22-11-30-18/h3-11,25H,1-2H3,(H,21,26). The molecule has 0 atom stereocenters. The number of nitrogens with zero attached hydrogens (tertiary/aromatic N) is 5. The maximum absolute atomic E-state index is 12.7. The Kier molecular flexibility index (Phi) is 5.45. The Labute approximate surface area is 177 Å². The van der Waals surface area contributed by atoms with Crippen LogP contribution in [0.3, 0.4) is 0 Å². The summed E-state index contributed by atoms with van der Waals surface area (Å²) in [6, 6.07) is 10.3. The van der Waals surface area contributed by atoms with Gasteiger partial charge >= 0.3 is 10.2 Å². The van der Waals surface area contributed by atoms with Crippen molar-refractivity contribution in [2.45, 2.75) is 6.92 Å². The second-order valence-corrected chi connectivity index (χ2v) is 7.71. The van der Waals surface area contributed by atoms with Gasteiger partial charge in [0.1, 0.15) is 0 Å². The van der Waals surface area contributed by atoms with Crippen LogP contribution in [-0.2, 0) is 10.2 Å². The van der Waals surface area contributed by atoms with Crippen molar-refractivity contribution < 1.29 is 17.6 Å². The van der Waals surface area contributed by atoms with Crippen molar-refractivity contribution in [1.82, 2.24) is 25.1 Å². The molecule has 3 heterocycles. The molecule has 0 saturated heterocycles. The summed E-state index contributed by atoms with van der Waals surface area (Å²) in [6.07, 6.45) is 4.25. The highest BCUT2D eigenvalue weighted by molar-refractivity contribution is 7.94. The van der Waals surface area contributed by atoms with Gasteiger partial charge in [0.2, 0.25) is 18.1 Å². The van der Waals surface area contributed by atoms with E-state index in [9.17, 15) is 8.42 Å². The molecule has 0 fully saturated rings. The topological polar surface area (TPSA) is 145 Å². The third-order valence-corrected chi connectivity index (χ3v) is 5.05. The third-order valence-electron chi connectivity index (χ3n) is 4.10. The van der Waals surface area contributed by atoms with Crippen LogP contribution in [0.2, 0.25) is 0 Å². The molecule has 4 rings (SSSR count). The van der Waals surface area contributed by atoms with Gasteiger partial charge in [-0.05, 0) is 31.2 Å². The fourth-order valence-corrected chi connectivity index (χ4v) is 3.65. The van der Waals surface area contributed by atoms with Crippen molar-refractivity contribution in [2.24, 2.45) is 0 Å². The number of ether oxygens (including phenoxy) is 1. The second kappa shape index (κ2) is 8.36. The van der Waals surface area contributed by atoms with E-state index in [1.165, 1.54) is 19.7 Å². The molecule has 0 unspecified atom stereocenters.